The molecule has 0 saturated carbocycles. The van der Waals surface area contributed by atoms with E-state index in [-0.39, 0.29) is 12.3 Å². The van der Waals surface area contributed by atoms with Crippen LogP contribution in [0.5, 0.6) is 5.75 Å². The Morgan fingerprint density at radius 1 is 1.50 bits per heavy atom. The normalized spacial score (nSPS) is 11.7. The Labute approximate surface area is 110 Å². The van der Waals surface area contributed by atoms with Crippen LogP contribution in [-0.4, -0.2) is 30.1 Å². The highest BCUT2D eigenvalue weighted by Gasteiger charge is 2.15. The molecule has 1 amide bonds. The molecule has 0 aliphatic carbocycles. The molecule has 0 spiro atoms. The molecule has 1 aromatic carbocycles. The zero-order chi connectivity index (χ0) is 13.7. The molecule has 0 heterocycles. The van der Waals surface area contributed by atoms with Gasteiger partial charge in [0.15, 0.2) is 0 Å². The van der Waals surface area contributed by atoms with Crippen molar-refractivity contribution in [3.05, 3.63) is 28.8 Å². The summed E-state index contributed by atoms with van der Waals surface area (Å²) in [6, 6.07) is 4.00. The zero-order valence-electron chi connectivity index (χ0n) is 10.1. The molecule has 0 radical (unpaired) electrons. The van der Waals surface area contributed by atoms with E-state index in [1.54, 1.807) is 18.2 Å². The number of carboxylic acids is 1. The highest BCUT2D eigenvalue weighted by Crippen LogP contribution is 2.23. The van der Waals surface area contributed by atoms with Crippen molar-refractivity contribution in [1.29, 1.82) is 0 Å². The molecule has 0 aliphatic rings. The standard InChI is InChI=1S/C12H14ClNO4/c1-7(12(16)17)14-11(15)5-8-3-4-9(13)6-10(8)18-2/h3-4,6-7H,5H2,1-2H3,(H,14,15)(H,16,17). The van der Waals surface area contributed by atoms with Gasteiger partial charge in [-0.2, -0.15) is 0 Å². The van der Waals surface area contributed by atoms with Gasteiger partial charge in [-0.15, -0.1) is 0 Å². The number of amides is 1. The smallest absolute Gasteiger partial charge is 0.325 e. The lowest BCUT2D eigenvalue weighted by Gasteiger charge is -2.11. The van der Waals surface area contributed by atoms with Crippen molar-refractivity contribution >= 4 is 23.5 Å². The summed E-state index contributed by atoms with van der Waals surface area (Å²) in [6.07, 6.45) is 0.0396. The van der Waals surface area contributed by atoms with Crippen molar-refractivity contribution in [2.45, 2.75) is 19.4 Å². The molecule has 1 unspecified atom stereocenters. The van der Waals surface area contributed by atoms with E-state index in [4.69, 9.17) is 21.4 Å². The summed E-state index contributed by atoms with van der Waals surface area (Å²) in [5.41, 5.74) is 0.650. The quantitative estimate of drug-likeness (QED) is 0.851. The number of hydrogen-bond donors (Lipinski definition) is 2. The maximum absolute atomic E-state index is 11.6. The molecule has 0 saturated heterocycles. The Bertz CT molecular complexity index is 461. The number of carbonyl (C=O) groups is 2. The van der Waals surface area contributed by atoms with Crippen molar-refractivity contribution in [1.82, 2.24) is 5.32 Å². The predicted molar refractivity (Wildman–Crippen MR) is 66.9 cm³/mol. The highest BCUT2D eigenvalue weighted by atomic mass is 35.5. The van der Waals surface area contributed by atoms with Crippen molar-refractivity contribution in [3.8, 4) is 5.75 Å². The van der Waals surface area contributed by atoms with Crippen LogP contribution in [0.15, 0.2) is 18.2 Å². The molecule has 0 fully saturated rings. The van der Waals surface area contributed by atoms with Gasteiger partial charge < -0.3 is 15.2 Å². The van der Waals surface area contributed by atoms with E-state index in [0.29, 0.717) is 16.3 Å². The molecule has 0 aliphatic heterocycles. The first-order valence-corrected chi connectivity index (χ1v) is 5.66. The number of nitrogens with one attached hydrogen (secondary N) is 1. The number of rotatable bonds is 5. The van der Waals surface area contributed by atoms with Crippen molar-refractivity contribution in [2.24, 2.45) is 0 Å². The Hall–Kier alpha value is -1.75. The first-order chi connectivity index (χ1) is 8.43. The first-order valence-electron chi connectivity index (χ1n) is 5.28. The second kappa shape index (κ2) is 6.26. The number of methoxy groups -OCH3 is 1. The topological polar surface area (TPSA) is 75.6 Å². The first kappa shape index (κ1) is 14.3. The Morgan fingerprint density at radius 2 is 2.17 bits per heavy atom. The lowest BCUT2D eigenvalue weighted by Crippen LogP contribution is -2.39. The van der Waals surface area contributed by atoms with Gasteiger partial charge in [0.1, 0.15) is 11.8 Å². The van der Waals surface area contributed by atoms with Gasteiger partial charge in [0.2, 0.25) is 5.91 Å². The number of aliphatic carboxylic acids is 1. The van der Waals surface area contributed by atoms with Crippen LogP contribution >= 0.6 is 11.6 Å². The lowest BCUT2D eigenvalue weighted by atomic mass is 10.1. The summed E-state index contributed by atoms with van der Waals surface area (Å²) in [4.78, 5) is 22.2. The fraction of sp³-hybridized carbons (Fsp3) is 0.333. The number of carbonyl (C=O) groups excluding carboxylic acids is 1. The molecule has 1 rings (SSSR count). The van der Waals surface area contributed by atoms with Crippen LogP contribution < -0.4 is 10.1 Å². The molecular weight excluding hydrogens is 258 g/mol. The Kier molecular flexibility index (Phi) is 4.97. The third-order valence-corrected chi connectivity index (χ3v) is 2.58. The van der Waals surface area contributed by atoms with Gasteiger partial charge in [0.05, 0.1) is 13.5 Å². The van der Waals surface area contributed by atoms with Crippen molar-refractivity contribution < 1.29 is 19.4 Å². The van der Waals surface area contributed by atoms with Crippen LogP contribution in [0.1, 0.15) is 12.5 Å². The minimum atomic E-state index is -1.08. The van der Waals surface area contributed by atoms with Crippen LogP contribution in [0.2, 0.25) is 5.02 Å². The van der Waals surface area contributed by atoms with Crippen molar-refractivity contribution in [3.63, 3.8) is 0 Å². The van der Waals surface area contributed by atoms with Crippen LogP contribution in [0.4, 0.5) is 0 Å². The predicted octanol–water partition coefficient (Wildman–Crippen LogP) is 1.48. The maximum Gasteiger partial charge on any atom is 0.325 e. The van der Waals surface area contributed by atoms with E-state index in [9.17, 15) is 9.59 Å². The molecule has 0 bridgehead atoms. The van der Waals surface area contributed by atoms with E-state index in [1.165, 1.54) is 14.0 Å². The van der Waals surface area contributed by atoms with Gasteiger partial charge in [-0.05, 0) is 19.1 Å². The number of halogens is 1. The van der Waals surface area contributed by atoms with Crippen LogP contribution in [0, 0.1) is 0 Å². The van der Waals surface area contributed by atoms with Gasteiger partial charge in [-0.3, -0.25) is 9.59 Å². The van der Waals surface area contributed by atoms with Crippen LogP contribution in [0.25, 0.3) is 0 Å². The molecule has 98 valence electrons. The third-order valence-electron chi connectivity index (χ3n) is 2.35. The number of hydrogen-bond acceptors (Lipinski definition) is 3. The number of benzene rings is 1. The molecule has 6 heteroatoms. The average Bonchev–Trinajstić information content (AvgIpc) is 2.31. The number of ether oxygens (including phenoxy) is 1. The van der Waals surface area contributed by atoms with E-state index >= 15 is 0 Å². The fourth-order valence-corrected chi connectivity index (χ4v) is 1.55. The fourth-order valence-electron chi connectivity index (χ4n) is 1.39. The SMILES string of the molecule is COc1cc(Cl)ccc1CC(=O)NC(C)C(=O)O. The molecule has 1 atom stereocenters. The van der Waals surface area contributed by atoms with E-state index in [0.717, 1.165) is 0 Å². The molecule has 5 nitrogen and oxygen atoms in total. The minimum absolute atomic E-state index is 0.0396. The highest BCUT2D eigenvalue weighted by molar-refractivity contribution is 6.30. The largest absolute Gasteiger partial charge is 0.496 e. The maximum atomic E-state index is 11.6. The monoisotopic (exact) mass is 271 g/mol. The summed E-state index contributed by atoms with van der Waals surface area (Å²) >= 11 is 5.80. The summed E-state index contributed by atoms with van der Waals surface area (Å²) in [5.74, 6) is -0.961. The molecule has 2 N–H and O–H groups in total. The van der Waals surface area contributed by atoms with Crippen LogP contribution in [0.3, 0.4) is 0 Å². The third kappa shape index (κ3) is 3.92. The van der Waals surface area contributed by atoms with Gasteiger partial charge in [-0.25, -0.2) is 0 Å². The zero-order valence-corrected chi connectivity index (χ0v) is 10.8. The van der Waals surface area contributed by atoms with E-state index in [1.807, 2.05) is 0 Å². The van der Waals surface area contributed by atoms with E-state index < -0.39 is 12.0 Å². The summed E-state index contributed by atoms with van der Waals surface area (Å²) in [5, 5.41) is 11.6. The second-order valence-corrected chi connectivity index (χ2v) is 4.20. The molecule has 18 heavy (non-hydrogen) atoms. The number of carboxylic acid groups (broad SMARTS) is 1. The van der Waals surface area contributed by atoms with Crippen LogP contribution in [-0.2, 0) is 16.0 Å². The van der Waals surface area contributed by atoms with Gasteiger partial charge >= 0.3 is 5.97 Å². The molecular formula is C12H14ClNO4. The minimum Gasteiger partial charge on any atom is -0.496 e. The summed E-state index contributed by atoms with van der Waals surface area (Å²) < 4.78 is 5.10. The second-order valence-electron chi connectivity index (χ2n) is 3.76. The molecule has 0 aromatic heterocycles. The van der Waals surface area contributed by atoms with Gasteiger partial charge in [-0.1, -0.05) is 17.7 Å². The summed E-state index contributed by atoms with van der Waals surface area (Å²) in [7, 11) is 1.48. The van der Waals surface area contributed by atoms with E-state index in [2.05, 4.69) is 5.32 Å². The summed E-state index contributed by atoms with van der Waals surface area (Å²) in [6.45, 7) is 1.40. The average molecular weight is 272 g/mol. The Balaban J connectivity index is 2.73. The van der Waals surface area contributed by atoms with Gasteiger partial charge in [0.25, 0.3) is 0 Å². The Morgan fingerprint density at radius 3 is 2.72 bits per heavy atom. The molecule has 1 aromatic rings. The van der Waals surface area contributed by atoms with Crippen molar-refractivity contribution in [2.75, 3.05) is 7.11 Å². The lowest BCUT2D eigenvalue weighted by molar-refractivity contribution is -0.141. The van der Waals surface area contributed by atoms with Gasteiger partial charge in [0, 0.05) is 10.6 Å².